The summed E-state index contributed by atoms with van der Waals surface area (Å²) in [7, 11) is 3.74. The lowest BCUT2D eigenvalue weighted by Gasteiger charge is -2.44. The number of hydrogen-bond donors (Lipinski definition) is 1. The Labute approximate surface area is 140 Å². The Morgan fingerprint density at radius 2 is 2.21 bits per heavy atom. The van der Waals surface area contributed by atoms with Crippen LogP contribution in [-0.4, -0.2) is 27.7 Å². The molecule has 8 nitrogen and oxygen atoms in total. The van der Waals surface area contributed by atoms with Gasteiger partial charge in [-0.25, -0.2) is 5.12 Å². The predicted molar refractivity (Wildman–Crippen MR) is 84.2 cm³/mol. The monoisotopic (exact) mass is 327 g/mol. The summed E-state index contributed by atoms with van der Waals surface area (Å²) in [6, 6.07) is 2.19. The van der Waals surface area contributed by atoms with E-state index in [0.717, 1.165) is 24.2 Å². The maximum absolute atomic E-state index is 12.2. The molecule has 0 radical (unpaired) electrons. The van der Waals surface area contributed by atoms with Gasteiger partial charge in [0.25, 0.3) is 0 Å². The molecule has 8 heteroatoms. The van der Waals surface area contributed by atoms with Gasteiger partial charge in [0.2, 0.25) is 0 Å². The van der Waals surface area contributed by atoms with E-state index in [0.29, 0.717) is 12.8 Å². The molecule has 1 aliphatic heterocycles. The summed E-state index contributed by atoms with van der Waals surface area (Å²) in [6.45, 7) is 2.17. The normalized spacial score (nSPS) is 34.8. The highest BCUT2D eigenvalue weighted by atomic mass is 16.1. The number of Topliss-reactive ketones (excluding diaryl/α,β-unsaturated/α-hetero) is 1. The van der Waals surface area contributed by atoms with Gasteiger partial charge in [0.05, 0.1) is 17.5 Å². The van der Waals surface area contributed by atoms with Crippen LogP contribution in [0.25, 0.3) is 0 Å². The van der Waals surface area contributed by atoms with Gasteiger partial charge in [0, 0.05) is 31.5 Å². The van der Waals surface area contributed by atoms with Crippen LogP contribution in [0.1, 0.15) is 49.3 Å². The van der Waals surface area contributed by atoms with E-state index in [4.69, 9.17) is 5.10 Å². The van der Waals surface area contributed by atoms with Gasteiger partial charge in [-0.15, -0.1) is 5.11 Å². The molecular formula is C16H21N7O. The lowest BCUT2D eigenvalue weighted by molar-refractivity contribution is -0.126. The average molecular weight is 327 g/mol. The van der Waals surface area contributed by atoms with E-state index in [1.54, 1.807) is 5.12 Å². The Morgan fingerprint density at radius 1 is 1.42 bits per heavy atom. The quantitative estimate of drug-likeness (QED) is 0.844. The van der Waals surface area contributed by atoms with Crippen molar-refractivity contribution in [2.45, 2.75) is 44.2 Å². The topological polar surface area (TPSA) is 98.7 Å². The molecule has 0 bridgehead atoms. The second-order valence-corrected chi connectivity index (χ2v) is 7.31. The van der Waals surface area contributed by atoms with E-state index in [-0.39, 0.29) is 23.3 Å². The summed E-state index contributed by atoms with van der Waals surface area (Å²) in [6.07, 6.45) is 2.67. The molecule has 4 rings (SSSR count). The minimum absolute atomic E-state index is 0.0902. The number of ketones is 1. The first-order valence-electron chi connectivity index (χ1n) is 8.33. The van der Waals surface area contributed by atoms with Crippen LogP contribution in [0, 0.1) is 23.2 Å². The molecule has 2 heterocycles. The fraction of sp³-hybridized carbons (Fsp3) is 0.688. The fourth-order valence-corrected chi connectivity index (χ4v) is 4.56. The zero-order valence-electron chi connectivity index (χ0n) is 14.2. The number of nitriles is 1. The molecule has 0 aromatic carbocycles. The minimum atomic E-state index is -0.516. The van der Waals surface area contributed by atoms with E-state index < -0.39 is 5.92 Å². The number of rotatable bonds is 1. The zero-order chi connectivity index (χ0) is 17.1. The third-order valence-corrected chi connectivity index (χ3v) is 5.87. The van der Waals surface area contributed by atoms with Crippen molar-refractivity contribution in [3.8, 4) is 6.07 Å². The van der Waals surface area contributed by atoms with Gasteiger partial charge in [0.15, 0.2) is 6.17 Å². The molecule has 24 heavy (non-hydrogen) atoms. The molecule has 3 aliphatic rings. The van der Waals surface area contributed by atoms with E-state index in [9.17, 15) is 10.1 Å². The van der Waals surface area contributed by atoms with Crippen molar-refractivity contribution in [2.75, 3.05) is 7.05 Å². The van der Waals surface area contributed by atoms with Gasteiger partial charge in [-0.2, -0.15) is 15.8 Å². The SMILES string of the molecule is CN1N=NC(c2c3c(nn2C)[C@@]2(C)CC(C#N)C(=O)CC2CC3)N1. The summed E-state index contributed by atoms with van der Waals surface area (Å²) in [5.74, 6) is -0.156. The fourth-order valence-electron chi connectivity index (χ4n) is 4.56. The van der Waals surface area contributed by atoms with Crippen LogP contribution in [0.5, 0.6) is 0 Å². The highest BCUT2D eigenvalue weighted by Gasteiger charge is 2.50. The van der Waals surface area contributed by atoms with Crippen molar-refractivity contribution >= 4 is 5.78 Å². The Bertz CT molecular complexity index is 776. The van der Waals surface area contributed by atoms with E-state index in [2.05, 4.69) is 28.8 Å². The number of hydrogen-bond acceptors (Lipinski definition) is 7. The molecule has 2 aliphatic carbocycles. The number of carbonyl (C=O) groups is 1. The Morgan fingerprint density at radius 3 is 2.88 bits per heavy atom. The summed E-state index contributed by atoms with van der Waals surface area (Å²) in [5, 5.41) is 24.0. The van der Waals surface area contributed by atoms with Crippen molar-refractivity contribution in [2.24, 2.45) is 29.2 Å². The third-order valence-electron chi connectivity index (χ3n) is 5.87. The number of fused-ring (bicyclic) bond motifs is 3. The lowest BCUT2D eigenvalue weighted by Crippen LogP contribution is -2.45. The summed E-state index contributed by atoms with van der Waals surface area (Å²) >= 11 is 0. The zero-order valence-corrected chi connectivity index (χ0v) is 14.2. The minimum Gasteiger partial charge on any atom is -0.298 e. The van der Waals surface area contributed by atoms with Gasteiger partial charge in [-0.05, 0) is 25.2 Å². The van der Waals surface area contributed by atoms with Crippen LogP contribution in [0.15, 0.2) is 10.3 Å². The van der Waals surface area contributed by atoms with Gasteiger partial charge >= 0.3 is 0 Å². The van der Waals surface area contributed by atoms with Crippen molar-refractivity contribution in [3.63, 3.8) is 0 Å². The van der Waals surface area contributed by atoms with Gasteiger partial charge in [-0.3, -0.25) is 9.48 Å². The standard InChI is InChI=1S/C16H21N7O/c1-16-7-9(8-17)12(24)6-10(16)4-5-11-13(22(2)19-14(11)16)15-18-21-23(3)20-15/h9-10,15,20H,4-7H2,1-3H3/t9?,10?,15?,16-/m0/s1. The molecule has 4 atom stereocenters. The molecule has 0 amide bonds. The van der Waals surface area contributed by atoms with E-state index >= 15 is 0 Å². The Balaban J connectivity index is 1.78. The first-order chi connectivity index (χ1) is 11.4. The molecule has 0 spiro atoms. The number of hydrazine groups is 1. The highest BCUT2D eigenvalue weighted by Crippen LogP contribution is 2.51. The maximum Gasteiger partial charge on any atom is 0.183 e. The highest BCUT2D eigenvalue weighted by molar-refractivity contribution is 5.85. The summed E-state index contributed by atoms with van der Waals surface area (Å²) in [5.41, 5.74) is 6.24. The third kappa shape index (κ3) is 2.01. The molecular weight excluding hydrogens is 306 g/mol. The van der Waals surface area contributed by atoms with Crippen LogP contribution >= 0.6 is 0 Å². The molecule has 1 N–H and O–H groups in total. The van der Waals surface area contributed by atoms with Gasteiger partial charge in [-0.1, -0.05) is 12.1 Å². The molecule has 1 aromatic heterocycles. The van der Waals surface area contributed by atoms with Crippen LogP contribution in [0.4, 0.5) is 0 Å². The number of carbonyl (C=O) groups excluding carboxylic acids is 1. The summed E-state index contributed by atoms with van der Waals surface area (Å²) in [4.78, 5) is 12.2. The summed E-state index contributed by atoms with van der Waals surface area (Å²) < 4.78 is 1.88. The number of nitrogens with zero attached hydrogens (tertiary/aromatic N) is 6. The lowest BCUT2D eigenvalue weighted by atomic mass is 9.57. The second kappa shape index (κ2) is 5.11. The van der Waals surface area contributed by atoms with Crippen molar-refractivity contribution in [3.05, 3.63) is 17.0 Å². The van der Waals surface area contributed by atoms with Crippen molar-refractivity contribution < 1.29 is 4.79 Å². The van der Waals surface area contributed by atoms with Crippen molar-refractivity contribution in [1.82, 2.24) is 20.3 Å². The second-order valence-electron chi connectivity index (χ2n) is 7.31. The molecule has 1 fully saturated rings. The molecule has 1 saturated carbocycles. The molecule has 126 valence electrons. The Kier molecular flexibility index (Phi) is 3.25. The van der Waals surface area contributed by atoms with Crippen LogP contribution in [0.3, 0.4) is 0 Å². The molecule has 0 saturated heterocycles. The average Bonchev–Trinajstić information content (AvgIpc) is 3.10. The van der Waals surface area contributed by atoms with Crippen LogP contribution in [-0.2, 0) is 23.7 Å². The van der Waals surface area contributed by atoms with Crippen LogP contribution in [0.2, 0.25) is 0 Å². The van der Waals surface area contributed by atoms with E-state index in [1.807, 2.05) is 18.8 Å². The molecule has 3 unspecified atom stereocenters. The van der Waals surface area contributed by atoms with E-state index in [1.165, 1.54) is 5.56 Å². The van der Waals surface area contributed by atoms with Crippen LogP contribution < -0.4 is 5.43 Å². The molecule has 1 aromatic rings. The predicted octanol–water partition coefficient (Wildman–Crippen LogP) is 1.56. The maximum atomic E-state index is 12.2. The van der Waals surface area contributed by atoms with Gasteiger partial charge < -0.3 is 0 Å². The number of aryl methyl sites for hydroxylation is 1. The Hall–Kier alpha value is -2.27. The smallest absolute Gasteiger partial charge is 0.183 e. The van der Waals surface area contributed by atoms with Crippen molar-refractivity contribution in [1.29, 1.82) is 5.26 Å². The number of nitrogens with one attached hydrogen (secondary N) is 1. The van der Waals surface area contributed by atoms with Gasteiger partial charge in [0.1, 0.15) is 11.7 Å². The number of aromatic nitrogens is 2. The first kappa shape index (κ1) is 15.3. The first-order valence-corrected chi connectivity index (χ1v) is 8.33. The largest absolute Gasteiger partial charge is 0.298 e.